The third-order valence-corrected chi connectivity index (χ3v) is 5.38. The van der Waals surface area contributed by atoms with Gasteiger partial charge in [0, 0.05) is 12.6 Å². The maximum Gasteiger partial charge on any atom is 0.403 e. The molecule has 10 heteroatoms. The molecule has 29 heavy (non-hydrogen) atoms. The van der Waals surface area contributed by atoms with Crippen LogP contribution in [-0.2, 0) is 4.79 Å². The molecule has 1 fully saturated rings. The minimum Gasteiger partial charge on any atom is -0.360 e. The van der Waals surface area contributed by atoms with Gasteiger partial charge in [0.05, 0.1) is 11.7 Å². The lowest BCUT2D eigenvalue weighted by Gasteiger charge is -2.31. The van der Waals surface area contributed by atoms with Crippen molar-refractivity contribution in [1.82, 2.24) is 20.5 Å². The topological polar surface area (TPSA) is 74.0 Å². The molecule has 2 aliphatic heterocycles. The van der Waals surface area contributed by atoms with E-state index in [0.29, 0.717) is 30.3 Å². The first-order valence-electron chi connectivity index (χ1n) is 9.83. The molecule has 0 aliphatic carbocycles. The number of amidine groups is 1. The van der Waals surface area contributed by atoms with Crippen LogP contribution in [0.3, 0.4) is 0 Å². The third-order valence-electron chi connectivity index (χ3n) is 5.38. The summed E-state index contributed by atoms with van der Waals surface area (Å²) in [5.41, 5.74) is 2.45. The Bertz CT molecular complexity index is 787. The van der Waals surface area contributed by atoms with Gasteiger partial charge in [-0.3, -0.25) is 4.79 Å². The number of aromatic nitrogens is 1. The van der Waals surface area contributed by atoms with Gasteiger partial charge in [-0.2, -0.15) is 18.2 Å². The number of nitrogens with one attached hydrogen (secondary N) is 1. The van der Waals surface area contributed by atoms with Gasteiger partial charge in [0.1, 0.15) is 29.7 Å². The van der Waals surface area contributed by atoms with Crippen molar-refractivity contribution in [1.29, 1.82) is 0 Å². The number of aliphatic imine (C=N–C) groups is 1. The SMILES string of the molecule is Cc1cc(C(C(=O)N2CCCC2C2=NC(C)(C)N(CC(F)(F)F)N2)C(C)C)on1. The molecule has 0 bridgehead atoms. The number of hydrogen-bond donors (Lipinski definition) is 1. The number of nitrogens with zero attached hydrogens (tertiary/aromatic N) is 4. The highest BCUT2D eigenvalue weighted by molar-refractivity contribution is 5.94. The van der Waals surface area contributed by atoms with Crippen molar-refractivity contribution in [3.05, 3.63) is 17.5 Å². The quantitative estimate of drug-likeness (QED) is 0.799. The molecule has 1 N–H and O–H groups in total. The molecule has 2 aliphatic rings. The Balaban J connectivity index is 1.81. The van der Waals surface area contributed by atoms with Crippen molar-refractivity contribution in [2.24, 2.45) is 10.9 Å². The molecular weight excluding hydrogens is 387 g/mol. The van der Waals surface area contributed by atoms with Gasteiger partial charge < -0.3 is 14.8 Å². The third kappa shape index (κ3) is 4.57. The maximum absolute atomic E-state index is 13.4. The van der Waals surface area contributed by atoms with Crippen LogP contribution in [-0.4, -0.2) is 57.8 Å². The molecule has 162 valence electrons. The number of aryl methyl sites for hydroxylation is 1. The number of hydrazine groups is 1. The average Bonchev–Trinajstić information content (AvgIpc) is 3.26. The number of carbonyl (C=O) groups excluding carboxylic acids is 1. The Morgan fingerprint density at radius 1 is 1.41 bits per heavy atom. The smallest absolute Gasteiger partial charge is 0.360 e. The number of rotatable bonds is 5. The fraction of sp³-hybridized carbons (Fsp3) is 0.737. The minimum absolute atomic E-state index is 0.0206. The summed E-state index contributed by atoms with van der Waals surface area (Å²) in [7, 11) is 0. The van der Waals surface area contributed by atoms with E-state index in [2.05, 4.69) is 15.6 Å². The van der Waals surface area contributed by atoms with Crippen molar-refractivity contribution in [3.63, 3.8) is 0 Å². The lowest BCUT2D eigenvalue weighted by atomic mass is 9.91. The summed E-state index contributed by atoms with van der Waals surface area (Å²) in [5.74, 6) is 0.274. The molecule has 0 spiro atoms. The van der Waals surface area contributed by atoms with E-state index >= 15 is 0 Å². The normalized spacial score (nSPS) is 23.4. The lowest BCUT2D eigenvalue weighted by Crippen LogP contribution is -2.54. The van der Waals surface area contributed by atoms with Gasteiger partial charge in [-0.1, -0.05) is 19.0 Å². The van der Waals surface area contributed by atoms with Crippen LogP contribution < -0.4 is 5.43 Å². The standard InChI is InChI=1S/C19H28F3N5O2/c1-11(2)15(14-9-12(3)25-29-14)17(28)26-8-6-7-13(26)16-23-18(4,5)27(24-16)10-19(20,21)22/h9,11,13,15H,6-8,10H2,1-5H3,(H,23,24). The largest absolute Gasteiger partial charge is 0.403 e. The second kappa shape index (κ2) is 7.62. The molecule has 3 rings (SSSR count). The first-order chi connectivity index (χ1) is 13.4. The number of halogens is 3. The van der Waals surface area contributed by atoms with Gasteiger partial charge in [0.2, 0.25) is 5.91 Å². The van der Waals surface area contributed by atoms with E-state index in [1.165, 1.54) is 0 Å². The molecule has 3 heterocycles. The molecule has 0 aromatic carbocycles. The van der Waals surface area contributed by atoms with E-state index in [0.717, 1.165) is 11.4 Å². The zero-order valence-electron chi connectivity index (χ0n) is 17.4. The Hall–Kier alpha value is -2.10. The molecule has 0 saturated carbocycles. The van der Waals surface area contributed by atoms with E-state index in [1.807, 2.05) is 13.8 Å². The second-order valence-electron chi connectivity index (χ2n) is 8.59. The Morgan fingerprint density at radius 2 is 2.10 bits per heavy atom. The Labute approximate surface area is 168 Å². The number of carbonyl (C=O) groups is 1. The Kier molecular flexibility index (Phi) is 5.68. The molecule has 2 unspecified atom stereocenters. The van der Waals surface area contributed by atoms with Crippen LogP contribution in [0.5, 0.6) is 0 Å². The van der Waals surface area contributed by atoms with Crippen LogP contribution in [0.4, 0.5) is 13.2 Å². The van der Waals surface area contributed by atoms with E-state index in [9.17, 15) is 18.0 Å². The van der Waals surface area contributed by atoms with Gasteiger partial charge in [-0.05, 0) is 39.5 Å². The second-order valence-corrected chi connectivity index (χ2v) is 8.59. The summed E-state index contributed by atoms with van der Waals surface area (Å²) in [6.45, 7) is 8.31. The summed E-state index contributed by atoms with van der Waals surface area (Å²) >= 11 is 0. The summed E-state index contributed by atoms with van der Waals surface area (Å²) in [6.07, 6.45) is -2.95. The zero-order chi connectivity index (χ0) is 21.6. The maximum atomic E-state index is 13.4. The molecule has 1 saturated heterocycles. The minimum atomic E-state index is -4.35. The average molecular weight is 415 g/mol. The van der Waals surface area contributed by atoms with E-state index in [1.54, 1.807) is 31.7 Å². The number of amides is 1. The van der Waals surface area contributed by atoms with Gasteiger partial charge in [-0.15, -0.1) is 0 Å². The molecule has 2 atom stereocenters. The first-order valence-corrected chi connectivity index (χ1v) is 9.83. The molecule has 0 radical (unpaired) electrons. The monoisotopic (exact) mass is 415 g/mol. The summed E-state index contributed by atoms with van der Waals surface area (Å²) in [5, 5.41) is 4.97. The van der Waals surface area contributed by atoms with Gasteiger partial charge in [-0.25, -0.2) is 4.99 Å². The van der Waals surface area contributed by atoms with Crippen LogP contribution >= 0.6 is 0 Å². The van der Waals surface area contributed by atoms with Crippen molar-refractivity contribution in [3.8, 4) is 0 Å². The number of hydrogen-bond acceptors (Lipinski definition) is 6. The number of alkyl halides is 3. The predicted molar refractivity (Wildman–Crippen MR) is 101 cm³/mol. The van der Waals surface area contributed by atoms with Crippen molar-refractivity contribution >= 4 is 11.7 Å². The van der Waals surface area contributed by atoms with Crippen molar-refractivity contribution in [2.45, 2.75) is 71.3 Å². The Morgan fingerprint density at radius 3 is 2.66 bits per heavy atom. The van der Waals surface area contributed by atoms with Crippen LogP contribution in [0.2, 0.25) is 0 Å². The zero-order valence-corrected chi connectivity index (χ0v) is 17.4. The summed E-state index contributed by atoms with van der Waals surface area (Å²) < 4.78 is 44.2. The summed E-state index contributed by atoms with van der Waals surface area (Å²) in [6, 6.07) is 1.37. The molecule has 7 nitrogen and oxygen atoms in total. The first kappa shape index (κ1) is 21.6. The predicted octanol–water partition coefficient (Wildman–Crippen LogP) is 3.23. The fourth-order valence-corrected chi connectivity index (χ4v) is 3.98. The van der Waals surface area contributed by atoms with Crippen LogP contribution in [0.25, 0.3) is 0 Å². The van der Waals surface area contributed by atoms with E-state index < -0.39 is 24.3 Å². The highest BCUT2D eigenvalue weighted by Gasteiger charge is 2.46. The van der Waals surface area contributed by atoms with Gasteiger partial charge >= 0.3 is 6.18 Å². The summed E-state index contributed by atoms with van der Waals surface area (Å²) in [4.78, 5) is 19.6. The van der Waals surface area contributed by atoms with Crippen LogP contribution in [0.15, 0.2) is 15.6 Å². The molecule has 1 aromatic heterocycles. The van der Waals surface area contributed by atoms with E-state index in [-0.39, 0.29) is 17.9 Å². The van der Waals surface area contributed by atoms with Crippen molar-refractivity contribution in [2.75, 3.05) is 13.1 Å². The highest BCUT2D eigenvalue weighted by atomic mass is 19.4. The fourth-order valence-electron chi connectivity index (χ4n) is 3.98. The highest BCUT2D eigenvalue weighted by Crippen LogP contribution is 2.33. The van der Waals surface area contributed by atoms with Gasteiger partial charge in [0.15, 0.2) is 0 Å². The van der Waals surface area contributed by atoms with Crippen molar-refractivity contribution < 1.29 is 22.5 Å². The molecule has 1 aromatic rings. The molecular formula is C19H28F3N5O2. The van der Waals surface area contributed by atoms with Crippen LogP contribution in [0.1, 0.15) is 57.9 Å². The lowest BCUT2D eigenvalue weighted by molar-refractivity contribution is -0.159. The van der Waals surface area contributed by atoms with E-state index in [4.69, 9.17) is 4.52 Å². The molecule has 1 amide bonds. The van der Waals surface area contributed by atoms with Gasteiger partial charge in [0.25, 0.3) is 0 Å². The van der Waals surface area contributed by atoms with Crippen LogP contribution in [0, 0.1) is 12.8 Å². The number of likely N-dealkylation sites (tertiary alicyclic amines) is 1.